The topological polar surface area (TPSA) is 58.6 Å². The number of hydrogen-bond donors (Lipinski definition) is 1. The lowest BCUT2D eigenvalue weighted by atomic mass is 10.2. The van der Waals surface area contributed by atoms with Gasteiger partial charge in [0, 0.05) is 27.2 Å². The van der Waals surface area contributed by atoms with E-state index in [1.807, 2.05) is 0 Å². The van der Waals surface area contributed by atoms with Gasteiger partial charge in [-0.25, -0.2) is 0 Å². The molecule has 0 aromatic heterocycles. The van der Waals surface area contributed by atoms with E-state index in [-0.39, 0.29) is 6.10 Å². The quantitative estimate of drug-likeness (QED) is 0.681. The summed E-state index contributed by atoms with van der Waals surface area (Å²) in [7, 11) is -0.287. The molecule has 1 aliphatic rings. The van der Waals surface area contributed by atoms with Gasteiger partial charge in [-0.3, -0.25) is 0 Å². The van der Waals surface area contributed by atoms with Crippen molar-refractivity contribution in [2.24, 2.45) is 0 Å². The van der Waals surface area contributed by atoms with Crippen LogP contribution >= 0.6 is 0 Å². The average Bonchev–Trinajstić information content (AvgIpc) is 2.52. The van der Waals surface area contributed by atoms with Crippen molar-refractivity contribution < 1.29 is 13.2 Å². The fourth-order valence-corrected chi connectivity index (χ4v) is 1.79. The second-order valence-electron chi connectivity index (χ2n) is 3.27. The van der Waals surface area contributed by atoms with Gasteiger partial charge in [-0.05, 0) is 12.8 Å². The molecule has 0 saturated carbocycles. The van der Waals surface area contributed by atoms with E-state index in [0.29, 0.717) is 6.54 Å². The number of nitrogens with one attached hydrogen (secondary N) is 1. The Kier molecular flexibility index (Phi) is 3.66. The van der Waals surface area contributed by atoms with E-state index >= 15 is 0 Å². The molecule has 5 nitrogen and oxygen atoms in total. The summed E-state index contributed by atoms with van der Waals surface area (Å²) in [5, 5.41) is 0. The van der Waals surface area contributed by atoms with Crippen molar-refractivity contribution in [1.82, 2.24) is 9.03 Å². The number of ether oxygens (including phenoxy) is 1. The molecular weight excluding hydrogens is 192 g/mol. The van der Waals surface area contributed by atoms with Crippen LogP contribution in [0.5, 0.6) is 0 Å². The lowest BCUT2D eigenvalue weighted by Gasteiger charge is -2.14. The first-order valence-electron chi connectivity index (χ1n) is 4.31. The lowest BCUT2D eigenvalue weighted by molar-refractivity contribution is 0.114. The van der Waals surface area contributed by atoms with Crippen LogP contribution in [0.2, 0.25) is 0 Å². The largest absolute Gasteiger partial charge is 0.377 e. The Morgan fingerprint density at radius 1 is 1.54 bits per heavy atom. The monoisotopic (exact) mass is 208 g/mol. The predicted molar refractivity (Wildman–Crippen MR) is 49.6 cm³/mol. The predicted octanol–water partition coefficient (Wildman–Crippen LogP) is -0.439. The molecule has 1 unspecified atom stereocenters. The van der Waals surface area contributed by atoms with Crippen LogP contribution in [0.15, 0.2) is 0 Å². The molecule has 1 N–H and O–H groups in total. The summed E-state index contributed by atoms with van der Waals surface area (Å²) in [4.78, 5) is 0. The van der Waals surface area contributed by atoms with Gasteiger partial charge in [-0.15, -0.1) is 0 Å². The Balaban J connectivity index is 2.33. The van der Waals surface area contributed by atoms with Gasteiger partial charge in [0.15, 0.2) is 0 Å². The maximum Gasteiger partial charge on any atom is 0.279 e. The maximum atomic E-state index is 11.2. The molecule has 78 valence electrons. The van der Waals surface area contributed by atoms with Gasteiger partial charge >= 0.3 is 0 Å². The zero-order valence-electron chi connectivity index (χ0n) is 7.99. The van der Waals surface area contributed by atoms with E-state index in [2.05, 4.69) is 4.72 Å². The van der Waals surface area contributed by atoms with Crippen molar-refractivity contribution in [2.45, 2.75) is 18.9 Å². The molecule has 1 aliphatic heterocycles. The lowest BCUT2D eigenvalue weighted by Crippen LogP contribution is -2.39. The summed E-state index contributed by atoms with van der Waals surface area (Å²) < 4.78 is 31.4. The Hall–Kier alpha value is -0.170. The van der Waals surface area contributed by atoms with Crippen LogP contribution in [0.3, 0.4) is 0 Å². The highest BCUT2D eigenvalue weighted by atomic mass is 32.2. The number of nitrogens with zero attached hydrogens (tertiary/aromatic N) is 1. The number of hydrogen-bond acceptors (Lipinski definition) is 3. The first kappa shape index (κ1) is 10.9. The minimum Gasteiger partial charge on any atom is -0.377 e. The first-order chi connectivity index (χ1) is 6.02. The molecule has 1 saturated heterocycles. The zero-order chi connectivity index (χ0) is 9.90. The van der Waals surface area contributed by atoms with Gasteiger partial charge in [0.1, 0.15) is 0 Å². The van der Waals surface area contributed by atoms with E-state index in [0.717, 1.165) is 23.8 Å². The standard InChI is InChI=1S/C7H16N2O3S/c1-9(2)13(10,11)8-6-7-4-3-5-12-7/h7-8H,3-6H2,1-2H3. The van der Waals surface area contributed by atoms with Crippen molar-refractivity contribution in [1.29, 1.82) is 0 Å². The summed E-state index contributed by atoms with van der Waals surface area (Å²) in [6.07, 6.45) is 2.01. The van der Waals surface area contributed by atoms with E-state index in [4.69, 9.17) is 4.74 Å². The van der Waals surface area contributed by atoms with Crippen LogP contribution < -0.4 is 4.72 Å². The molecule has 1 fully saturated rings. The van der Waals surface area contributed by atoms with Crippen LogP contribution in [0.1, 0.15) is 12.8 Å². The minimum atomic E-state index is -3.28. The molecule has 0 spiro atoms. The van der Waals surface area contributed by atoms with Gasteiger partial charge in [-0.2, -0.15) is 17.4 Å². The summed E-state index contributed by atoms with van der Waals surface area (Å²) >= 11 is 0. The third kappa shape index (κ3) is 3.22. The molecule has 0 aromatic rings. The van der Waals surface area contributed by atoms with Crippen LogP contribution in [-0.4, -0.2) is 46.1 Å². The molecule has 1 rings (SSSR count). The first-order valence-corrected chi connectivity index (χ1v) is 5.75. The Morgan fingerprint density at radius 3 is 2.69 bits per heavy atom. The SMILES string of the molecule is CN(C)S(=O)(=O)NCC1CCCO1. The molecule has 0 aliphatic carbocycles. The maximum absolute atomic E-state index is 11.2. The molecule has 1 atom stereocenters. The van der Waals surface area contributed by atoms with E-state index < -0.39 is 10.2 Å². The van der Waals surface area contributed by atoms with E-state index in [1.54, 1.807) is 0 Å². The van der Waals surface area contributed by atoms with Gasteiger partial charge in [0.2, 0.25) is 0 Å². The zero-order valence-corrected chi connectivity index (χ0v) is 8.80. The van der Waals surface area contributed by atoms with Gasteiger partial charge < -0.3 is 4.74 Å². The fraction of sp³-hybridized carbons (Fsp3) is 1.00. The molecule has 6 heteroatoms. The molecule has 0 amide bonds. The summed E-state index contributed by atoms with van der Waals surface area (Å²) in [5.41, 5.74) is 0. The highest BCUT2D eigenvalue weighted by Gasteiger charge is 2.19. The molecule has 0 radical (unpaired) electrons. The fourth-order valence-electron chi connectivity index (χ4n) is 1.13. The third-order valence-electron chi connectivity index (χ3n) is 2.00. The van der Waals surface area contributed by atoms with Crippen molar-refractivity contribution in [2.75, 3.05) is 27.2 Å². The second kappa shape index (κ2) is 4.36. The van der Waals surface area contributed by atoms with Crippen molar-refractivity contribution in [3.8, 4) is 0 Å². The van der Waals surface area contributed by atoms with Crippen molar-refractivity contribution in [3.05, 3.63) is 0 Å². The van der Waals surface area contributed by atoms with Crippen LogP contribution in [0.4, 0.5) is 0 Å². The highest BCUT2D eigenvalue weighted by molar-refractivity contribution is 7.87. The Bertz CT molecular complexity index is 244. The molecular formula is C7H16N2O3S. The Morgan fingerprint density at radius 2 is 2.23 bits per heavy atom. The molecule has 1 heterocycles. The molecule has 0 aromatic carbocycles. The summed E-state index contributed by atoms with van der Waals surface area (Å²) in [6.45, 7) is 1.12. The van der Waals surface area contributed by atoms with Crippen LogP contribution in [0.25, 0.3) is 0 Å². The average molecular weight is 208 g/mol. The Labute approximate surface area is 79.2 Å². The summed E-state index contributed by atoms with van der Waals surface area (Å²) in [6, 6.07) is 0. The minimum absolute atomic E-state index is 0.0507. The van der Waals surface area contributed by atoms with Gasteiger partial charge in [0.25, 0.3) is 10.2 Å². The van der Waals surface area contributed by atoms with Crippen molar-refractivity contribution >= 4 is 10.2 Å². The smallest absolute Gasteiger partial charge is 0.279 e. The highest BCUT2D eigenvalue weighted by Crippen LogP contribution is 2.10. The van der Waals surface area contributed by atoms with Crippen LogP contribution in [-0.2, 0) is 14.9 Å². The number of rotatable bonds is 4. The van der Waals surface area contributed by atoms with Crippen LogP contribution in [0, 0.1) is 0 Å². The van der Waals surface area contributed by atoms with Crippen molar-refractivity contribution in [3.63, 3.8) is 0 Å². The molecule has 0 bridgehead atoms. The van der Waals surface area contributed by atoms with E-state index in [1.165, 1.54) is 14.1 Å². The second-order valence-corrected chi connectivity index (χ2v) is 5.24. The normalized spacial score (nSPS) is 24.1. The van der Waals surface area contributed by atoms with E-state index in [9.17, 15) is 8.42 Å². The third-order valence-corrected chi connectivity index (χ3v) is 3.49. The van der Waals surface area contributed by atoms with Gasteiger partial charge in [0.05, 0.1) is 6.10 Å². The molecule has 13 heavy (non-hydrogen) atoms. The summed E-state index contributed by atoms with van der Waals surface area (Å²) in [5.74, 6) is 0. The van der Waals surface area contributed by atoms with Gasteiger partial charge in [-0.1, -0.05) is 0 Å².